The summed E-state index contributed by atoms with van der Waals surface area (Å²) in [6, 6.07) is 3.70. The van der Waals surface area contributed by atoms with E-state index < -0.39 is 0 Å². The van der Waals surface area contributed by atoms with Crippen molar-refractivity contribution in [2.45, 2.75) is 192 Å². The van der Waals surface area contributed by atoms with Crippen LogP contribution in [0.1, 0.15) is 168 Å². The number of ether oxygens (including phenoxy) is 1. The molecule has 1 N–H and O–H groups in total. The number of nitrogens with one attached hydrogen (secondary N) is 1. The van der Waals surface area contributed by atoms with Crippen LogP contribution in [-0.4, -0.2) is 30.1 Å². The lowest BCUT2D eigenvalue weighted by Crippen LogP contribution is -2.57. The molecule has 2 aliphatic heterocycles. The number of hydrogen-bond donors (Lipinski definition) is 1. The van der Waals surface area contributed by atoms with Crippen LogP contribution in [0.5, 0.6) is 0 Å². The highest BCUT2D eigenvalue weighted by Gasteiger charge is 2.68. The highest BCUT2D eigenvalue weighted by Crippen LogP contribution is 2.72. The standard InChI is InChI=1S/C56H79N3O/c1-35(2)29-36-21-27-52-49(31-36)56(47-18-6-3-15-44(47)45-16-4-7-19-48(45)56)50-33-42(26-28-53(50)60-52)38-22-24-39(25-23-38)55-58-51-20-8-5-17-46(51)54(59-55)43-14-10-13-41(32-43)40-12-9-11-37(30-40)34-57/h3,9,11,15,22,31,33,35-37,39-41,43-48,50-54H,4-8,10,12-14,16-21,23-30,32H2,1-2H3,(H,58,59). The van der Waals surface area contributed by atoms with Gasteiger partial charge in [-0.25, -0.2) is 0 Å². The fourth-order valence-electron chi connectivity index (χ4n) is 17.4. The average molecular weight is 810 g/mol. The van der Waals surface area contributed by atoms with E-state index in [9.17, 15) is 5.26 Å². The van der Waals surface area contributed by atoms with Crippen LogP contribution in [0.15, 0.2) is 64.2 Å². The van der Waals surface area contributed by atoms with E-state index in [1.54, 1.807) is 11.1 Å². The van der Waals surface area contributed by atoms with E-state index in [1.807, 2.05) is 5.57 Å². The molecule has 60 heavy (non-hydrogen) atoms. The molecule has 17 atom stereocenters. The van der Waals surface area contributed by atoms with Crippen molar-refractivity contribution in [3.8, 4) is 6.07 Å². The van der Waals surface area contributed by atoms with Gasteiger partial charge < -0.3 is 10.1 Å². The summed E-state index contributed by atoms with van der Waals surface area (Å²) in [6.07, 6.45) is 50.6. The molecule has 11 rings (SSSR count). The van der Waals surface area contributed by atoms with Gasteiger partial charge in [0.2, 0.25) is 0 Å². The van der Waals surface area contributed by atoms with Gasteiger partial charge in [0.25, 0.3) is 0 Å². The second-order valence-electron chi connectivity index (χ2n) is 23.2. The molecule has 5 fully saturated rings. The molecule has 0 bridgehead atoms. The number of aliphatic imine (C=N–C) groups is 1. The second-order valence-corrected chi connectivity index (χ2v) is 23.2. The molecule has 0 aromatic heterocycles. The number of amidine groups is 1. The van der Waals surface area contributed by atoms with Gasteiger partial charge in [0.15, 0.2) is 0 Å². The zero-order valence-electron chi connectivity index (χ0n) is 37.6. The number of nitrogens with zero attached hydrogens (tertiary/aromatic N) is 2. The fraction of sp³-hybridized carbons (Fsp3) is 0.786. The molecule has 0 amide bonds. The highest BCUT2D eigenvalue weighted by molar-refractivity contribution is 5.86. The maximum absolute atomic E-state index is 9.73. The lowest BCUT2D eigenvalue weighted by atomic mass is 9.49. The zero-order chi connectivity index (χ0) is 40.4. The lowest BCUT2D eigenvalue weighted by Gasteiger charge is -2.59. The lowest BCUT2D eigenvalue weighted by molar-refractivity contribution is -0.132. The third-order valence-electron chi connectivity index (χ3n) is 19.7. The summed E-state index contributed by atoms with van der Waals surface area (Å²) in [5, 5.41) is 14.0. The topological polar surface area (TPSA) is 57.4 Å². The van der Waals surface area contributed by atoms with Gasteiger partial charge in [-0.1, -0.05) is 94.9 Å². The minimum absolute atomic E-state index is 0.128. The first-order chi connectivity index (χ1) is 29.5. The Morgan fingerprint density at radius 3 is 2.50 bits per heavy atom. The number of rotatable bonds is 6. The van der Waals surface area contributed by atoms with Crippen LogP contribution in [0.25, 0.3) is 0 Å². The van der Waals surface area contributed by atoms with Crippen LogP contribution in [0, 0.1) is 93.7 Å². The molecule has 0 radical (unpaired) electrons. The predicted molar refractivity (Wildman–Crippen MR) is 245 cm³/mol. The largest absolute Gasteiger partial charge is 0.370 e. The van der Waals surface area contributed by atoms with E-state index in [0.29, 0.717) is 53.4 Å². The first-order valence-electron chi connectivity index (χ1n) is 26.3. The summed E-state index contributed by atoms with van der Waals surface area (Å²) in [4.78, 5) is 5.67. The third-order valence-corrected chi connectivity index (χ3v) is 19.7. The van der Waals surface area contributed by atoms with E-state index in [2.05, 4.69) is 67.8 Å². The number of hydrogen-bond acceptors (Lipinski definition) is 4. The van der Waals surface area contributed by atoms with Crippen LogP contribution in [-0.2, 0) is 4.74 Å². The minimum Gasteiger partial charge on any atom is -0.370 e. The summed E-state index contributed by atoms with van der Waals surface area (Å²) in [6.45, 7) is 4.88. The Morgan fingerprint density at radius 2 is 1.63 bits per heavy atom. The second kappa shape index (κ2) is 17.0. The first kappa shape index (κ1) is 40.4. The van der Waals surface area contributed by atoms with Gasteiger partial charge in [-0.3, -0.25) is 4.99 Å². The van der Waals surface area contributed by atoms with Gasteiger partial charge in [0.1, 0.15) is 5.84 Å². The summed E-state index contributed by atoms with van der Waals surface area (Å²) >= 11 is 0. The Morgan fingerprint density at radius 1 is 0.783 bits per heavy atom. The number of allylic oxidation sites excluding steroid dienone is 8. The van der Waals surface area contributed by atoms with Crippen molar-refractivity contribution in [1.29, 1.82) is 5.26 Å². The fourth-order valence-corrected chi connectivity index (χ4v) is 17.4. The maximum atomic E-state index is 9.73. The molecule has 4 nitrogen and oxygen atoms in total. The molecule has 17 unspecified atom stereocenters. The molecule has 9 aliphatic carbocycles. The van der Waals surface area contributed by atoms with E-state index in [-0.39, 0.29) is 5.92 Å². The molecule has 2 heterocycles. The Balaban J connectivity index is 0.860. The maximum Gasteiger partial charge on any atom is 0.100 e. The molecule has 0 aromatic carbocycles. The van der Waals surface area contributed by atoms with Crippen LogP contribution in [0.3, 0.4) is 0 Å². The Kier molecular flexibility index (Phi) is 11.4. The van der Waals surface area contributed by atoms with Crippen LogP contribution < -0.4 is 5.32 Å². The van der Waals surface area contributed by atoms with Crippen molar-refractivity contribution in [2.24, 2.45) is 87.3 Å². The van der Waals surface area contributed by atoms with E-state index in [4.69, 9.17) is 9.73 Å². The van der Waals surface area contributed by atoms with Gasteiger partial charge in [0, 0.05) is 29.2 Å². The molecule has 1 saturated heterocycles. The van der Waals surface area contributed by atoms with E-state index in [0.717, 1.165) is 60.2 Å². The third kappa shape index (κ3) is 7.12. The normalized spacial score (nSPS) is 47.2. The van der Waals surface area contributed by atoms with Crippen LogP contribution in [0.4, 0.5) is 0 Å². The zero-order valence-corrected chi connectivity index (χ0v) is 37.6. The monoisotopic (exact) mass is 810 g/mol. The van der Waals surface area contributed by atoms with Gasteiger partial charge in [-0.2, -0.15) is 5.26 Å². The van der Waals surface area contributed by atoms with Crippen molar-refractivity contribution in [3.63, 3.8) is 0 Å². The van der Waals surface area contributed by atoms with Crippen molar-refractivity contribution >= 4 is 5.84 Å². The molecule has 11 aliphatic rings. The SMILES string of the molecule is CC(C)CC1C=C2C(CC1)OC1CCC(C3=CCC(C4=NC5CCCCC5C(C5CCCC(C6CC=CC(C#N)C6)C5)N4)CC3)=CC1C21C2CCC=CC2C2CCCCC21. The average Bonchev–Trinajstić information content (AvgIpc) is 3.59. The van der Waals surface area contributed by atoms with Crippen LogP contribution >= 0.6 is 0 Å². The van der Waals surface area contributed by atoms with E-state index in [1.165, 1.54) is 147 Å². The van der Waals surface area contributed by atoms with Crippen molar-refractivity contribution < 1.29 is 4.74 Å². The van der Waals surface area contributed by atoms with Crippen molar-refractivity contribution in [2.75, 3.05) is 0 Å². The van der Waals surface area contributed by atoms with Gasteiger partial charge in [-0.05, 0) is 186 Å². The van der Waals surface area contributed by atoms with Gasteiger partial charge in [-0.15, -0.1) is 0 Å². The summed E-state index contributed by atoms with van der Waals surface area (Å²) in [5.41, 5.74) is 5.51. The molecule has 4 heteroatoms. The Labute approximate surface area is 364 Å². The first-order valence-corrected chi connectivity index (χ1v) is 26.3. The van der Waals surface area contributed by atoms with Crippen molar-refractivity contribution in [1.82, 2.24) is 5.32 Å². The summed E-state index contributed by atoms with van der Waals surface area (Å²) in [7, 11) is 0. The van der Waals surface area contributed by atoms with Gasteiger partial charge in [0.05, 0.1) is 30.2 Å². The Hall–Kier alpha value is -2.38. The quantitative estimate of drug-likeness (QED) is 0.272. The summed E-state index contributed by atoms with van der Waals surface area (Å²) < 4.78 is 7.39. The predicted octanol–water partition coefficient (Wildman–Crippen LogP) is 13.4. The highest BCUT2D eigenvalue weighted by atomic mass is 16.5. The molecule has 4 saturated carbocycles. The van der Waals surface area contributed by atoms with Crippen molar-refractivity contribution in [3.05, 3.63) is 59.3 Å². The molecular weight excluding hydrogens is 731 g/mol. The van der Waals surface area contributed by atoms with Crippen LogP contribution in [0.2, 0.25) is 0 Å². The Bertz CT molecular complexity index is 1820. The summed E-state index contributed by atoms with van der Waals surface area (Å²) in [5.74, 6) is 10.3. The molecule has 324 valence electrons. The number of fused-ring (bicyclic) bond motifs is 10. The molecule has 0 aromatic rings. The van der Waals surface area contributed by atoms with Gasteiger partial charge >= 0.3 is 0 Å². The smallest absolute Gasteiger partial charge is 0.100 e. The molecular formula is C56H79N3O. The number of nitriles is 1. The molecule has 1 spiro atoms. The minimum atomic E-state index is 0.128. The van der Waals surface area contributed by atoms with E-state index >= 15 is 0 Å².